The van der Waals surface area contributed by atoms with Crippen LogP contribution in [-0.4, -0.2) is 107 Å². The molecule has 0 unspecified atom stereocenters. The lowest BCUT2D eigenvalue weighted by Crippen LogP contribution is -2.66. The van der Waals surface area contributed by atoms with Crippen LogP contribution in [0.3, 0.4) is 0 Å². The van der Waals surface area contributed by atoms with E-state index in [1.165, 1.54) is 0 Å². The molecule has 0 radical (unpaired) electrons. The Balaban J connectivity index is 1.64. The topological polar surface area (TPSA) is 222 Å². The third kappa shape index (κ3) is 5.06. The molecule has 2 aliphatic heterocycles. The summed E-state index contributed by atoms with van der Waals surface area (Å²) in [5.74, 6) is 0. The van der Waals surface area contributed by atoms with Gasteiger partial charge in [0.1, 0.15) is 24.4 Å². The van der Waals surface area contributed by atoms with Crippen LogP contribution in [-0.2, 0) is 18.9 Å². The Hall–Kier alpha value is -0.480. The van der Waals surface area contributed by atoms with E-state index >= 15 is 0 Å². The molecule has 12 N–H and O–H groups in total. The number of aliphatic hydroxyl groups excluding tert-OH is 4. The number of hydrogen-bond acceptors (Lipinski definition) is 12. The SMILES string of the molecule is NC[C@H]1O[C@H](O[C@H]2[C@H](O)[C@@H](O[C@H]3OC[C@@H](O)[C@H](N)[C@H]3O)[C@H](N)C[C@@H]2N)CC[C@@H]1O. The minimum Gasteiger partial charge on any atom is -0.390 e. The van der Waals surface area contributed by atoms with E-state index in [-0.39, 0.29) is 13.2 Å². The van der Waals surface area contributed by atoms with Crippen LogP contribution in [0.2, 0.25) is 0 Å². The Morgan fingerprint density at radius 2 is 1.52 bits per heavy atom. The summed E-state index contributed by atoms with van der Waals surface area (Å²) in [6.07, 6.45) is -7.23. The number of nitrogens with two attached hydrogens (primary N) is 4. The minimum absolute atomic E-state index is 0.112. The summed E-state index contributed by atoms with van der Waals surface area (Å²) in [5.41, 5.74) is 23.6. The van der Waals surface area contributed by atoms with E-state index in [0.29, 0.717) is 19.3 Å². The third-order valence-corrected chi connectivity index (χ3v) is 5.90. The maximum Gasteiger partial charge on any atom is 0.185 e. The van der Waals surface area contributed by atoms with Crippen LogP contribution in [0.25, 0.3) is 0 Å². The molecule has 12 atom stereocenters. The van der Waals surface area contributed by atoms with Crippen molar-refractivity contribution in [2.75, 3.05) is 13.2 Å². The van der Waals surface area contributed by atoms with Crippen LogP contribution >= 0.6 is 0 Å². The van der Waals surface area contributed by atoms with E-state index in [1.54, 1.807) is 0 Å². The molecule has 3 fully saturated rings. The van der Waals surface area contributed by atoms with Crippen LogP contribution in [0.1, 0.15) is 19.3 Å². The molecule has 29 heavy (non-hydrogen) atoms. The van der Waals surface area contributed by atoms with Gasteiger partial charge < -0.3 is 62.3 Å². The van der Waals surface area contributed by atoms with Crippen molar-refractivity contribution in [2.24, 2.45) is 22.9 Å². The van der Waals surface area contributed by atoms with Crippen molar-refractivity contribution in [1.29, 1.82) is 0 Å². The van der Waals surface area contributed by atoms with Gasteiger partial charge in [0.2, 0.25) is 0 Å². The Kier molecular flexibility index (Phi) is 7.81. The maximum absolute atomic E-state index is 10.9. The first-order valence-electron chi connectivity index (χ1n) is 10.00. The predicted molar refractivity (Wildman–Crippen MR) is 99.0 cm³/mol. The van der Waals surface area contributed by atoms with Gasteiger partial charge in [0, 0.05) is 25.0 Å². The molecule has 1 saturated carbocycles. The molecule has 2 saturated heterocycles. The van der Waals surface area contributed by atoms with Gasteiger partial charge in [-0.05, 0) is 12.8 Å². The Morgan fingerprint density at radius 3 is 2.17 bits per heavy atom. The van der Waals surface area contributed by atoms with Crippen LogP contribution in [0.15, 0.2) is 0 Å². The van der Waals surface area contributed by atoms with Gasteiger partial charge in [-0.1, -0.05) is 0 Å². The fraction of sp³-hybridized carbons (Fsp3) is 1.00. The maximum atomic E-state index is 10.9. The summed E-state index contributed by atoms with van der Waals surface area (Å²) in [7, 11) is 0. The van der Waals surface area contributed by atoms with Crippen LogP contribution in [0.4, 0.5) is 0 Å². The smallest absolute Gasteiger partial charge is 0.185 e. The van der Waals surface area contributed by atoms with Crippen molar-refractivity contribution in [3.63, 3.8) is 0 Å². The van der Waals surface area contributed by atoms with E-state index < -0.39 is 73.4 Å². The Labute approximate surface area is 169 Å². The van der Waals surface area contributed by atoms with Gasteiger partial charge in [-0.3, -0.25) is 0 Å². The highest BCUT2D eigenvalue weighted by molar-refractivity contribution is 5.00. The molecular weight excluding hydrogens is 388 g/mol. The van der Waals surface area contributed by atoms with Gasteiger partial charge in [0.15, 0.2) is 12.6 Å². The zero-order valence-electron chi connectivity index (χ0n) is 16.2. The second kappa shape index (κ2) is 9.77. The van der Waals surface area contributed by atoms with E-state index in [2.05, 4.69) is 0 Å². The highest BCUT2D eigenvalue weighted by Crippen LogP contribution is 2.30. The van der Waals surface area contributed by atoms with Crippen molar-refractivity contribution in [1.82, 2.24) is 0 Å². The lowest BCUT2D eigenvalue weighted by molar-refractivity contribution is -0.297. The van der Waals surface area contributed by atoms with Crippen molar-refractivity contribution < 1.29 is 39.4 Å². The summed E-state index contributed by atoms with van der Waals surface area (Å²) in [6, 6.07) is -2.16. The fourth-order valence-corrected chi connectivity index (χ4v) is 4.06. The third-order valence-electron chi connectivity index (χ3n) is 5.90. The van der Waals surface area contributed by atoms with Crippen LogP contribution in [0.5, 0.6) is 0 Å². The monoisotopic (exact) mass is 422 g/mol. The lowest BCUT2D eigenvalue weighted by Gasteiger charge is -2.46. The van der Waals surface area contributed by atoms with Gasteiger partial charge in [-0.2, -0.15) is 0 Å². The summed E-state index contributed by atoms with van der Waals surface area (Å²) in [5, 5.41) is 40.6. The molecule has 12 heteroatoms. The first-order valence-corrected chi connectivity index (χ1v) is 10.00. The molecule has 170 valence electrons. The van der Waals surface area contributed by atoms with E-state index in [9.17, 15) is 20.4 Å². The second-order valence-corrected chi connectivity index (χ2v) is 8.08. The van der Waals surface area contributed by atoms with Gasteiger partial charge >= 0.3 is 0 Å². The van der Waals surface area contributed by atoms with Crippen molar-refractivity contribution >= 4 is 0 Å². The molecule has 0 spiro atoms. The first kappa shape index (κ1) is 23.2. The second-order valence-electron chi connectivity index (χ2n) is 8.08. The number of rotatable bonds is 5. The van der Waals surface area contributed by atoms with E-state index in [1.807, 2.05) is 0 Å². The van der Waals surface area contributed by atoms with Crippen molar-refractivity contribution in [3.05, 3.63) is 0 Å². The molecule has 0 aromatic heterocycles. The Bertz CT molecular complexity index is 534. The average molecular weight is 422 g/mol. The van der Waals surface area contributed by atoms with Crippen molar-refractivity contribution in [3.8, 4) is 0 Å². The molecule has 0 bridgehead atoms. The summed E-state index contributed by atoms with van der Waals surface area (Å²) in [4.78, 5) is 0. The van der Waals surface area contributed by atoms with Gasteiger partial charge in [0.05, 0.1) is 31.0 Å². The number of aliphatic hydroxyl groups is 4. The van der Waals surface area contributed by atoms with Gasteiger partial charge in [0.25, 0.3) is 0 Å². The molecule has 1 aliphatic carbocycles. The highest BCUT2D eigenvalue weighted by atomic mass is 16.7. The van der Waals surface area contributed by atoms with Crippen molar-refractivity contribution in [2.45, 2.75) is 92.7 Å². The number of ether oxygens (including phenoxy) is 4. The largest absolute Gasteiger partial charge is 0.390 e. The number of hydrogen-bond donors (Lipinski definition) is 8. The van der Waals surface area contributed by atoms with Crippen LogP contribution in [0, 0.1) is 0 Å². The fourth-order valence-electron chi connectivity index (χ4n) is 4.06. The minimum atomic E-state index is -1.29. The average Bonchev–Trinajstić information content (AvgIpc) is 2.69. The first-order chi connectivity index (χ1) is 13.7. The van der Waals surface area contributed by atoms with Gasteiger partial charge in [-0.15, -0.1) is 0 Å². The molecule has 12 nitrogen and oxygen atoms in total. The highest BCUT2D eigenvalue weighted by Gasteiger charge is 2.48. The summed E-state index contributed by atoms with van der Waals surface area (Å²) >= 11 is 0. The standard InChI is InChI=1S/C17H34N4O8/c18-4-10-8(22)1-2-11(27-10)28-15-6(19)3-7(20)16(14(15)25)29-17-13(24)12(21)9(23)5-26-17/h6-17,22-25H,1-5,18-21H2/t6-,7+,8-,9+,10+,11+,12-,13+,14-,15+,16-,17+/m0/s1. The summed E-state index contributed by atoms with van der Waals surface area (Å²) < 4.78 is 22.6. The Morgan fingerprint density at radius 1 is 0.862 bits per heavy atom. The molecule has 3 aliphatic rings. The lowest BCUT2D eigenvalue weighted by atomic mass is 9.84. The van der Waals surface area contributed by atoms with E-state index in [4.69, 9.17) is 41.9 Å². The molecule has 3 rings (SSSR count). The molecule has 0 amide bonds. The quantitative estimate of drug-likeness (QED) is 0.210. The zero-order valence-corrected chi connectivity index (χ0v) is 16.2. The van der Waals surface area contributed by atoms with E-state index in [0.717, 1.165) is 0 Å². The molecule has 0 aromatic rings. The normalized spacial score (nSPS) is 51.7. The summed E-state index contributed by atoms with van der Waals surface area (Å²) in [6.45, 7) is 0.0268. The predicted octanol–water partition coefficient (Wildman–Crippen LogP) is -4.59. The van der Waals surface area contributed by atoms with Crippen LogP contribution < -0.4 is 22.9 Å². The molecule has 2 heterocycles. The molecule has 0 aromatic carbocycles. The zero-order chi connectivity index (χ0) is 21.3. The molecular formula is C17H34N4O8. The van der Waals surface area contributed by atoms with Gasteiger partial charge in [-0.25, -0.2) is 0 Å².